The highest BCUT2D eigenvalue weighted by molar-refractivity contribution is 5.85. The summed E-state index contributed by atoms with van der Waals surface area (Å²) in [4.78, 5) is 21.2. The van der Waals surface area contributed by atoms with Crippen LogP contribution in [0.5, 0.6) is 0 Å². The highest BCUT2D eigenvalue weighted by atomic mass is 35.5. The molecule has 118 valence electrons. The van der Waals surface area contributed by atoms with Crippen LogP contribution in [0.3, 0.4) is 0 Å². The largest absolute Gasteiger partial charge is 0.318 e. The highest BCUT2D eigenvalue weighted by Gasteiger charge is 2.06. The van der Waals surface area contributed by atoms with Crippen LogP contribution < -0.4 is 11.5 Å². The van der Waals surface area contributed by atoms with Crippen molar-refractivity contribution >= 4 is 37.4 Å². The Bertz CT molecular complexity index is 545. The minimum Gasteiger partial charge on any atom is -0.318 e. The van der Waals surface area contributed by atoms with Crippen molar-refractivity contribution in [1.29, 1.82) is 0 Å². The van der Waals surface area contributed by atoms with E-state index in [-0.39, 0.29) is 24.8 Å². The second-order valence-electron chi connectivity index (χ2n) is 4.57. The van der Waals surface area contributed by atoms with Crippen LogP contribution in [-0.2, 0) is 9.59 Å². The van der Waals surface area contributed by atoms with E-state index in [0.29, 0.717) is 12.6 Å². The molecule has 0 aliphatic heterocycles. The number of rotatable bonds is 5. The first-order valence-corrected chi connectivity index (χ1v) is 6.27. The molecule has 0 heterocycles. The van der Waals surface area contributed by atoms with Gasteiger partial charge in [-0.1, -0.05) is 48.5 Å². The minimum atomic E-state index is -0.586. The number of nitrogens with two attached hydrogens (primary N) is 2. The predicted molar refractivity (Wildman–Crippen MR) is 92.4 cm³/mol. The summed E-state index contributed by atoms with van der Waals surface area (Å²) in [6.45, 7) is 0. The lowest BCUT2D eigenvalue weighted by Gasteiger charge is -2.08. The molecule has 2 atom stereocenters. The van der Waals surface area contributed by atoms with E-state index in [2.05, 4.69) is 0 Å². The topological polar surface area (TPSA) is 86.2 Å². The van der Waals surface area contributed by atoms with Gasteiger partial charge < -0.3 is 21.1 Å². The third kappa shape index (κ3) is 4.64. The average Bonchev–Trinajstić information content (AvgIpc) is 2.53. The van der Waals surface area contributed by atoms with Gasteiger partial charge in [-0.3, -0.25) is 0 Å². The van der Waals surface area contributed by atoms with Crippen LogP contribution in [0, 0.1) is 0 Å². The molecule has 6 heteroatoms. The lowest BCUT2D eigenvalue weighted by atomic mass is 9.99. The third-order valence-corrected chi connectivity index (χ3v) is 3.22. The molecular formula is C16H18Cl2N2O2. The fourth-order valence-corrected chi connectivity index (χ4v) is 1.95. The zero-order valence-electron chi connectivity index (χ0n) is 11.7. The molecular weight excluding hydrogens is 323 g/mol. The Morgan fingerprint density at radius 1 is 0.636 bits per heavy atom. The molecule has 0 saturated carbocycles. The van der Waals surface area contributed by atoms with Crippen molar-refractivity contribution in [1.82, 2.24) is 0 Å². The summed E-state index contributed by atoms with van der Waals surface area (Å²) >= 11 is 0. The van der Waals surface area contributed by atoms with Gasteiger partial charge in [-0.05, 0) is 22.3 Å². The lowest BCUT2D eigenvalue weighted by molar-refractivity contribution is -0.109. The molecule has 2 rings (SSSR count). The Labute approximate surface area is 141 Å². The molecule has 0 bridgehead atoms. The van der Waals surface area contributed by atoms with E-state index in [1.54, 1.807) is 0 Å². The van der Waals surface area contributed by atoms with Crippen molar-refractivity contribution in [3.8, 4) is 11.1 Å². The van der Waals surface area contributed by atoms with Gasteiger partial charge >= 0.3 is 0 Å². The summed E-state index contributed by atoms with van der Waals surface area (Å²) < 4.78 is 0. The number of hydrogen-bond acceptors (Lipinski definition) is 4. The van der Waals surface area contributed by atoms with Crippen molar-refractivity contribution in [2.75, 3.05) is 0 Å². The van der Waals surface area contributed by atoms with Gasteiger partial charge in [0.2, 0.25) is 0 Å². The number of aldehydes is 2. The quantitative estimate of drug-likeness (QED) is 0.819. The van der Waals surface area contributed by atoms with Gasteiger partial charge in [-0.25, -0.2) is 0 Å². The first kappa shape index (κ1) is 20.3. The van der Waals surface area contributed by atoms with Gasteiger partial charge in [-0.2, -0.15) is 0 Å². The van der Waals surface area contributed by atoms with E-state index in [1.165, 1.54) is 0 Å². The van der Waals surface area contributed by atoms with Gasteiger partial charge in [0.25, 0.3) is 0 Å². The van der Waals surface area contributed by atoms with Gasteiger partial charge in [-0.15, -0.1) is 24.8 Å². The molecule has 0 aliphatic rings. The summed E-state index contributed by atoms with van der Waals surface area (Å²) in [6.07, 6.45) is 1.43. The van der Waals surface area contributed by atoms with Crippen LogP contribution in [0.2, 0.25) is 0 Å². The van der Waals surface area contributed by atoms with Crippen molar-refractivity contribution in [3.63, 3.8) is 0 Å². The smallest absolute Gasteiger partial charge is 0.141 e. The second-order valence-corrected chi connectivity index (χ2v) is 4.57. The Morgan fingerprint density at radius 2 is 0.909 bits per heavy atom. The van der Waals surface area contributed by atoms with Crippen molar-refractivity contribution in [2.45, 2.75) is 12.1 Å². The number of carbonyl (C=O) groups excluding carboxylic acids is 2. The molecule has 0 radical (unpaired) electrons. The van der Waals surface area contributed by atoms with E-state index in [9.17, 15) is 9.59 Å². The lowest BCUT2D eigenvalue weighted by Crippen LogP contribution is -2.11. The van der Waals surface area contributed by atoms with Crippen molar-refractivity contribution in [2.24, 2.45) is 11.5 Å². The van der Waals surface area contributed by atoms with Crippen LogP contribution in [0.1, 0.15) is 23.2 Å². The molecule has 22 heavy (non-hydrogen) atoms. The molecule has 2 aromatic rings. The van der Waals surface area contributed by atoms with E-state index < -0.39 is 12.1 Å². The standard InChI is InChI=1S/C16H16N2O2.2ClH/c17-15(9-19)13-5-1-11(2-6-13)12-3-7-14(8-4-12)16(18)10-20;;/h1-10,15-16H,17-18H2;2*1H/t15-,16?;;/m0../s1. The van der Waals surface area contributed by atoms with Gasteiger partial charge in [0.05, 0.1) is 12.1 Å². The van der Waals surface area contributed by atoms with E-state index in [1.807, 2.05) is 48.5 Å². The van der Waals surface area contributed by atoms with Crippen molar-refractivity contribution < 1.29 is 9.59 Å². The maximum Gasteiger partial charge on any atom is 0.141 e. The number of carbonyl (C=O) groups is 2. The molecule has 0 amide bonds. The predicted octanol–water partition coefficient (Wildman–Crippen LogP) is 2.59. The zero-order chi connectivity index (χ0) is 14.5. The Hall–Kier alpha value is -1.72. The van der Waals surface area contributed by atoms with Gasteiger partial charge in [0, 0.05) is 0 Å². The molecule has 4 N–H and O–H groups in total. The summed E-state index contributed by atoms with van der Waals surface area (Å²) in [5, 5.41) is 0. The third-order valence-electron chi connectivity index (χ3n) is 3.22. The summed E-state index contributed by atoms with van der Waals surface area (Å²) in [5.74, 6) is 0. The number of halogens is 2. The Kier molecular flexibility index (Phi) is 8.60. The van der Waals surface area contributed by atoms with Crippen LogP contribution >= 0.6 is 24.8 Å². The molecule has 2 aromatic carbocycles. The first-order valence-electron chi connectivity index (χ1n) is 6.27. The molecule has 0 saturated heterocycles. The van der Waals surface area contributed by atoms with Crippen molar-refractivity contribution in [3.05, 3.63) is 59.7 Å². The van der Waals surface area contributed by atoms with Gasteiger partial charge in [0.15, 0.2) is 0 Å². The van der Waals surface area contributed by atoms with Gasteiger partial charge in [0.1, 0.15) is 12.6 Å². The monoisotopic (exact) mass is 340 g/mol. The SMILES string of the molecule is Cl.Cl.NC(C=O)c1ccc(-c2ccc([C@@H](N)C=O)cc2)cc1. The van der Waals surface area contributed by atoms with Crippen LogP contribution in [0.4, 0.5) is 0 Å². The normalized spacial score (nSPS) is 12.3. The maximum absolute atomic E-state index is 10.6. The van der Waals surface area contributed by atoms with Crippen LogP contribution in [0.25, 0.3) is 11.1 Å². The van der Waals surface area contributed by atoms with Crippen LogP contribution in [-0.4, -0.2) is 12.6 Å². The second kappa shape index (κ2) is 9.33. The Balaban J connectivity index is 0.00000220. The summed E-state index contributed by atoms with van der Waals surface area (Å²) in [7, 11) is 0. The molecule has 4 nitrogen and oxygen atoms in total. The molecule has 0 fully saturated rings. The van der Waals surface area contributed by atoms with Crippen LogP contribution in [0.15, 0.2) is 48.5 Å². The fraction of sp³-hybridized carbons (Fsp3) is 0.125. The molecule has 0 aromatic heterocycles. The number of hydrogen-bond donors (Lipinski definition) is 2. The summed E-state index contributed by atoms with van der Waals surface area (Å²) in [6, 6.07) is 13.8. The highest BCUT2D eigenvalue weighted by Crippen LogP contribution is 2.22. The molecule has 1 unspecified atom stereocenters. The Morgan fingerprint density at radius 3 is 1.14 bits per heavy atom. The summed E-state index contributed by atoms with van der Waals surface area (Å²) in [5.41, 5.74) is 14.9. The molecule has 0 spiro atoms. The first-order chi connectivity index (χ1) is 9.65. The maximum atomic E-state index is 10.6. The van der Waals surface area contributed by atoms with E-state index in [4.69, 9.17) is 11.5 Å². The zero-order valence-corrected chi connectivity index (χ0v) is 13.3. The minimum absolute atomic E-state index is 0. The number of benzene rings is 2. The fourth-order valence-electron chi connectivity index (χ4n) is 1.95. The molecule has 0 aliphatic carbocycles. The van der Waals surface area contributed by atoms with E-state index >= 15 is 0 Å². The van der Waals surface area contributed by atoms with E-state index in [0.717, 1.165) is 22.3 Å². The average molecular weight is 341 g/mol.